The predicted molar refractivity (Wildman–Crippen MR) is 92.1 cm³/mol. The van der Waals surface area contributed by atoms with Crippen LogP contribution in [0, 0.1) is 11.8 Å². The maximum absolute atomic E-state index is 12.1. The van der Waals surface area contributed by atoms with E-state index in [-0.39, 0.29) is 11.8 Å². The number of likely N-dealkylation sites (N-methyl/N-ethyl adjacent to an activating group) is 1. The van der Waals surface area contributed by atoms with Crippen molar-refractivity contribution in [3.05, 3.63) is 30.0 Å². The summed E-state index contributed by atoms with van der Waals surface area (Å²) in [6.07, 6.45) is 6.20. The van der Waals surface area contributed by atoms with Crippen molar-refractivity contribution in [3.63, 3.8) is 0 Å². The number of carbonyl (C=O) groups is 1. The Labute approximate surface area is 135 Å². The van der Waals surface area contributed by atoms with Crippen molar-refractivity contribution in [2.24, 2.45) is 11.8 Å². The zero-order valence-corrected chi connectivity index (χ0v) is 13.6. The fourth-order valence-corrected chi connectivity index (χ4v) is 3.39. The van der Waals surface area contributed by atoms with Gasteiger partial charge in [0.1, 0.15) is 11.5 Å². The van der Waals surface area contributed by atoms with Crippen LogP contribution in [-0.4, -0.2) is 40.9 Å². The van der Waals surface area contributed by atoms with Gasteiger partial charge in [-0.05, 0) is 49.1 Å². The number of rotatable bonds is 3. The van der Waals surface area contributed by atoms with Crippen LogP contribution in [0.2, 0.25) is 0 Å². The number of aromatic amines is 1. The van der Waals surface area contributed by atoms with E-state index in [2.05, 4.69) is 46.3 Å². The Bertz CT molecular complexity index is 787. The number of nitrogens with zero attached hydrogens (tertiary/aromatic N) is 2. The number of carbonyl (C=O) groups excluding carboxylic acids is 1. The third-order valence-corrected chi connectivity index (χ3v) is 4.78. The third-order valence-electron chi connectivity index (χ3n) is 4.78. The molecule has 1 fully saturated rings. The van der Waals surface area contributed by atoms with Crippen LogP contribution in [-0.2, 0) is 4.79 Å². The molecular formula is C18H22N4O. The molecule has 1 saturated carbocycles. The van der Waals surface area contributed by atoms with E-state index in [1.165, 1.54) is 11.1 Å². The van der Waals surface area contributed by atoms with Gasteiger partial charge in [-0.2, -0.15) is 0 Å². The number of nitrogens with one attached hydrogen (secondary N) is 2. The van der Waals surface area contributed by atoms with Gasteiger partial charge in [0.25, 0.3) is 0 Å². The summed E-state index contributed by atoms with van der Waals surface area (Å²) in [7, 11) is 2.14. The van der Waals surface area contributed by atoms with Gasteiger partial charge in [-0.15, -0.1) is 0 Å². The molecule has 1 atom stereocenters. The van der Waals surface area contributed by atoms with Gasteiger partial charge in [-0.1, -0.05) is 13.0 Å². The smallest absolute Gasteiger partial charge is 0.228 e. The first-order valence-corrected chi connectivity index (χ1v) is 8.30. The highest BCUT2D eigenvalue weighted by Crippen LogP contribution is 2.34. The molecular weight excluding hydrogens is 288 g/mol. The average molecular weight is 310 g/mol. The van der Waals surface area contributed by atoms with Crippen LogP contribution in [0.5, 0.6) is 0 Å². The first kappa shape index (κ1) is 14.5. The number of pyridine rings is 1. The summed E-state index contributed by atoms with van der Waals surface area (Å²) in [6.45, 7) is 4.25. The quantitative estimate of drug-likeness (QED) is 0.916. The molecule has 4 rings (SSSR count). The molecule has 0 spiro atoms. The summed E-state index contributed by atoms with van der Waals surface area (Å²) in [4.78, 5) is 22.1. The van der Waals surface area contributed by atoms with Crippen LogP contribution >= 0.6 is 0 Å². The number of fused-ring (bicyclic) bond motifs is 1. The van der Waals surface area contributed by atoms with E-state index in [1.54, 1.807) is 0 Å². The van der Waals surface area contributed by atoms with Gasteiger partial charge in [0.05, 0.1) is 0 Å². The van der Waals surface area contributed by atoms with Crippen molar-refractivity contribution in [1.82, 2.24) is 14.9 Å². The van der Waals surface area contributed by atoms with Crippen LogP contribution in [0.15, 0.2) is 24.4 Å². The average Bonchev–Trinajstić information content (AvgIpc) is 3.25. The second kappa shape index (κ2) is 5.49. The second-order valence-electron chi connectivity index (χ2n) is 6.84. The predicted octanol–water partition coefficient (Wildman–Crippen LogP) is 2.88. The lowest BCUT2D eigenvalue weighted by Gasteiger charge is -2.28. The Morgan fingerprint density at radius 1 is 1.43 bits per heavy atom. The Morgan fingerprint density at radius 3 is 3.00 bits per heavy atom. The highest BCUT2D eigenvalue weighted by molar-refractivity contribution is 5.97. The number of H-pyrrole nitrogens is 1. The second-order valence-corrected chi connectivity index (χ2v) is 6.84. The molecule has 3 heterocycles. The summed E-state index contributed by atoms with van der Waals surface area (Å²) in [5, 5.41) is 4.10. The standard InChI is InChI=1S/C18H22N4O/c1-11-10-22(2)8-6-13(11)15-9-16(21-18(23)12-3-4-12)20-17-14(15)5-7-19-17/h5-7,9,11-12H,3-4,8,10H2,1-2H3,(H2,19,20,21,23). The minimum absolute atomic E-state index is 0.0970. The van der Waals surface area contributed by atoms with Gasteiger partial charge in [0, 0.05) is 30.6 Å². The summed E-state index contributed by atoms with van der Waals surface area (Å²) in [5.41, 5.74) is 3.36. The highest BCUT2D eigenvalue weighted by Gasteiger charge is 2.30. The summed E-state index contributed by atoms with van der Waals surface area (Å²) < 4.78 is 0. The van der Waals surface area contributed by atoms with E-state index in [0.717, 1.165) is 37.0 Å². The minimum atomic E-state index is 0.0970. The number of hydrogen-bond donors (Lipinski definition) is 2. The molecule has 5 nitrogen and oxygen atoms in total. The van der Waals surface area contributed by atoms with E-state index in [1.807, 2.05) is 12.3 Å². The Morgan fingerprint density at radius 2 is 2.26 bits per heavy atom. The number of hydrogen-bond acceptors (Lipinski definition) is 3. The van der Waals surface area contributed by atoms with Crippen LogP contribution in [0.25, 0.3) is 16.6 Å². The van der Waals surface area contributed by atoms with Gasteiger partial charge in [-0.25, -0.2) is 4.98 Å². The largest absolute Gasteiger partial charge is 0.346 e. The van der Waals surface area contributed by atoms with Gasteiger partial charge < -0.3 is 15.2 Å². The normalized spacial score (nSPS) is 22.2. The molecule has 2 aromatic heterocycles. The van der Waals surface area contributed by atoms with Gasteiger partial charge in [0.2, 0.25) is 5.91 Å². The molecule has 1 amide bonds. The lowest BCUT2D eigenvalue weighted by Crippen LogP contribution is -2.29. The molecule has 1 unspecified atom stereocenters. The minimum Gasteiger partial charge on any atom is -0.346 e. The van der Waals surface area contributed by atoms with Gasteiger partial charge in [-0.3, -0.25) is 4.79 Å². The van der Waals surface area contributed by atoms with Crippen molar-refractivity contribution in [3.8, 4) is 0 Å². The molecule has 23 heavy (non-hydrogen) atoms. The van der Waals surface area contributed by atoms with Crippen LogP contribution in [0.1, 0.15) is 25.3 Å². The fraction of sp³-hybridized carbons (Fsp3) is 0.444. The Balaban J connectivity index is 1.75. The van der Waals surface area contributed by atoms with Crippen molar-refractivity contribution in [1.29, 1.82) is 0 Å². The molecule has 2 aromatic rings. The molecule has 2 N–H and O–H groups in total. The molecule has 2 aliphatic rings. The SMILES string of the molecule is CC1CN(C)CC=C1c1cc(NC(=O)C2CC2)nc2[nH]ccc12. The van der Waals surface area contributed by atoms with Crippen LogP contribution in [0.3, 0.4) is 0 Å². The van der Waals surface area contributed by atoms with E-state index >= 15 is 0 Å². The topological polar surface area (TPSA) is 61.0 Å². The Kier molecular flexibility index (Phi) is 3.45. The van der Waals surface area contributed by atoms with Crippen LogP contribution in [0.4, 0.5) is 5.82 Å². The van der Waals surface area contributed by atoms with Crippen molar-refractivity contribution in [2.75, 3.05) is 25.5 Å². The van der Waals surface area contributed by atoms with E-state index in [9.17, 15) is 4.79 Å². The summed E-state index contributed by atoms with van der Waals surface area (Å²) >= 11 is 0. The number of aromatic nitrogens is 2. The molecule has 0 radical (unpaired) electrons. The molecule has 0 bridgehead atoms. The zero-order chi connectivity index (χ0) is 16.0. The summed E-state index contributed by atoms with van der Waals surface area (Å²) in [6, 6.07) is 4.10. The highest BCUT2D eigenvalue weighted by atomic mass is 16.2. The molecule has 5 heteroatoms. The maximum Gasteiger partial charge on any atom is 0.228 e. The fourth-order valence-electron chi connectivity index (χ4n) is 3.39. The third kappa shape index (κ3) is 2.77. The number of amides is 1. The zero-order valence-electron chi connectivity index (χ0n) is 13.6. The van der Waals surface area contributed by atoms with Gasteiger partial charge >= 0.3 is 0 Å². The molecule has 0 aromatic carbocycles. The van der Waals surface area contributed by atoms with Gasteiger partial charge in [0.15, 0.2) is 0 Å². The summed E-state index contributed by atoms with van der Waals surface area (Å²) in [5.74, 6) is 1.39. The van der Waals surface area contributed by atoms with E-state index in [0.29, 0.717) is 11.7 Å². The van der Waals surface area contributed by atoms with E-state index in [4.69, 9.17) is 0 Å². The number of anilines is 1. The first-order chi connectivity index (χ1) is 11.1. The Hall–Kier alpha value is -2.14. The van der Waals surface area contributed by atoms with Crippen molar-refractivity contribution >= 4 is 28.3 Å². The lowest BCUT2D eigenvalue weighted by molar-refractivity contribution is -0.117. The van der Waals surface area contributed by atoms with Crippen LogP contribution < -0.4 is 5.32 Å². The van der Waals surface area contributed by atoms with Crippen molar-refractivity contribution < 1.29 is 4.79 Å². The maximum atomic E-state index is 12.1. The molecule has 1 aliphatic carbocycles. The van der Waals surface area contributed by atoms with E-state index < -0.39 is 0 Å². The molecule has 120 valence electrons. The lowest BCUT2D eigenvalue weighted by atomic mass is 9.89. The molecule has 1 aliphatic heterocycles. The molecule has 0 saturated heterocycles. The monoisotopic (exact) mass is 310 g/mol. The van der Waals surface area contributed by atoms with Crippen molar-refractivity contribution in [2.45, 2.75) is 19.8 Å². The first-order valence-electron chi connectivity index (χ1n) is 8.30.